The van der Waals surface area contributed by atoms with Crippen LogP contribution in [-0.2, 0) is 17.8 Å². The van der Waals surface area contributed by atoms with Gasteiger partial charge in [0.25, 0.3) is 5.91 Å². The zero-order valence-electron chi connectivity index (χ0n) is 18.1. The van der Waals surface area contributed by atoms with E-state index in [1.807, 2.05) is 41.3 Å². The number of thioether (sulfide) groups is 1. The molecular formula is C27H26N2O2S. The Balaban J connectivity index is 1.41. The minimum absolute atomic E-state index is 0.0301. The van der Waals surface area contributed by atoms with E-state index in [1.165, 1.54) is 22.9 Å². The lowest BCUT2D eigenvalue weighted by Crippen LogP contribution is -2.35. The quantitative estimate of drug-likeness (QED) is 0.585. The highest BCUT2D eigenvalue weighted by molar-refractivity contribution is 8.00. The Kier molecular flexibility index (Phi) is 5.75. The van der Waals surface area contributed by atoms with Gasteiger partial charge in [-0.2, -0.15) is 0 Å². The number of anilines is 1. The Morgan fingerprint density at radius 2 is 1.91 bits per heavy atom. The van der Waals surface area contributed by atoms with Gasteiger partial charge in [-0.1, -0.05) is 48.5 Å². The number of fused-ring (bicyclic) bond motifs is 2. The molecule has 3 aromatic carbocycles. The molecule has 1 atom stereocenters. The van der Waals surface area contributed by atoms with E-state index in [9.17, 15) is 9.59 Å². The summed E-state index contributed by atoms with van der Waals surface area (Å²) in [5.74, 6) is 0.404. The van der Waals surface area contributed by atoms with Gasteiger partial charge >= 0.3 is 0 Å². The van der Waals surface area contributed by atoms with Gasteiger partial charge in [0.1, 0.15) is 0 Å². The first-order valence-corrected chi connectivity index (χ1v) is 12.1. The second kappa shape index (κ2) is 8.83. The molecule has 1 N–H and O–H groups in total. The lowest BCUT2D eigenvalue weighted by atomic mass is 9.87. The van der Waals surface area contributed by atoms with Crippen LogP contribution >= 0.6 is 11.8 Å². The standard InChI is InChI=1S/C27H26N2O2S/c1-18-7-2-3-9-21(18)16-29-24-15-20(13-14-25(24)32-17-26(29)30)27(31)28-23-12-6-10-19-8-4-5-11-22(19)23/h2-5,7-9,11,13-15,23H,6,10,12,16-17H2,1H3,(H,28,31)/t23-/m0/s1. The first-order chi connectivity index (χ1) is 15.6. The van der Waals surface area contributed by atoms with Crippen LogP contribution in [0.25, 0.3) is 0 Å². The Morgan fingerprint density at radius 3 is 2.78 bits per heavy atom. The van der Waals surface area contributed by atoms with Gasteiger partial charge in [0.05, 0.1) is 24.0 Å². The number of carbonyl (C=O) groups is 2. The van der Waals surface area contributed by atoms with Gasteiger partial charge in [0, 0.05) is 10.5 Å². The summed E-state index contributed by atoms with van der Waals surface area (Å²) in [7, 11) is 0. The van der Waals surface area contributed by atoms with E-state index in [1.54, 1.807) is 0 Å². The first-order valence-electron chi connectivity index (χ1n) is 11.1. The predicted molar refractivity (Wildman–Crippen MR) is 129 cm³/mol. The zero-order chi connectivity index (χ0) is 22.1. The van der Waals surface area contributed by atoms with Crippen LogP contribution in [0.4, 0.5) is 5.69 Å². The lowest BCUT2D eigenvalue weighted by Gasteiger charge is -2.30. The van der Waals surface area contributed by atoms with E-state index in [0.29, 0.717) is 17.9 Å². The molecule has 3 aromatic rings. The SMILES string of the molecule is Cc1ccccc1CN1C(=O)CSc2ccc(C(=O)N[C@H]3CCCc4ccccc43)cc21. The topological polar surface area (TPSA) is 49.4 Å². The van der Waals surface area contributed by atoms with Crippen molar-refractivity contribution >= 4 is 29.3 Å². The number of nitrogens with one attached hydrogen (secondary N) is 1. The summed E-state index contributed by atoms with van der Waals surface area (Å²) in [6.45, 7) is 2.57. The molecule has 1 aliphatic heterocycles. The average molecular weight is 443 g/mol. The molecule has 0 saturated carbocycles. The van der Waals surface area contributed by atoms with Crippen LogP contribution in [0.2, 0.25) is 0 Å². The molecule has 0 bridgehead atoms. The molecule has 162 valence electrons. The highest BCUT2D eigenvalue weighted by atomic mass is 32.2. The number of hydrogen-bond donors (Lipinski definition) is 1. The molecular weight excluding hydrogens is 416 g/mol. The van der Waals surface area contributed by atoms with Gasteiger partial charge in [0.15, 0.2) is 0 Å². The van der Waals surface area contributed by atoms with Crippen molar-refractivity contribution in [2.75, 3.05) is 10.7 Å². The second-order valence-electron chi connectivity index (χ2n) is 8.49. The zero-order valence-corrected chi connectivity index (χ0v) is 19.0. The molecule has 0 fully saturated rings. The van der Waals surface area contributed by atoms with Crippen molar-refractivity contribution in [1.82, 2.24) is 5.32 Å². The van der Waals surface area contributed by atoms with Gasteiger partial charge in [-0.15, -0.1) is 11.8 Å². The Hall–Kier alpha value is -3.05. The molecule has 4 nitrogen and oxygen atoms in total. The highest BCUT2D eigenvalue weighted by Crippen LogP contribution is 2.37. The molecule has 0 spiro atoms. The maximum atomic E-state index is 13.2. The second-order valence-corrected chi connectivity index (χ2v) is 9.51. The Labute approximate surface area is 193 Å². The van der Waals surface area contributed by atoms with E-state index >= 15 is 0 Å². The van der Waals surface area contributed by atoms with Crippen molar-refractivity contribution < 1.29 is 9.59 Å². The molecule has 0 unspecified atom stereocenters. The van der Waals surface area contributed by atoms with Crippen molar-refractivity contribution in [2.24, 2.45) is 0 Å². The van der Waals surface area contributed by atoms with Crippen LogP contribution in [-0.4, -0.2) is 17.6 Å². The fourth-order valence-electron chi connectivity index (χ4n) is 4.62. The third kappa shape index (κ3) is 4.05. The number of amides is 2. The number of aryl methyl sites for hydroxylation is 2. The number of benzene rings is 3. The lowest BCUT2D eigenvalue weighted by molar-refractivity contribution is -0.116. The van der Waals surface area contributed by atoms with Crippen molar-refractivity contribution in [3.8, 4) is 0 Å². The monoisotopic (exact) mass is 442 g/mol. The number of nitrogens with zero attached hydrogens (tertiary/aromatic N) is 1. The molecule has 1 aliphatic carbocycles. The van der Waals surface area contributed by atoms with E-state index in [2.05, 4.69) is 42.6 Å². The fourth-order valence-corrected chi connectivity index (χ4v) is 5.54. The molecule has 0 aromatic heterocycles. The Morgan fingerprint density at radius 1 is 1.09 bits per heavy atom. The average Bonchev–Trinajstić information content (AvgIpc) is 2.82. The highest BCUT2D eigenvalue weighted by Gasteiger charge is 2.27. The van der Waals surface area contributed by atoms with E-state index in [0.717, 1.165) is 41.0 Å². The van der Waals surface area contributed by atoms with Crippen LogP contribution in [0.3, 0.4) is 0 Å². The van der Waals surface area contributed by atoms with Gasteiger partial charge in [0.2, 0.25) is 5.91 Å². The van der Waals surface area contributed by atoms with E-state index < -0.39 is 0 Å². The van der Waals surface area contributed by atoms with Gasteiger partial charge in [-0.25, -0.2) is 0 Å². The molecule has 5 heteroatoms. The smallest absolute Gasteiger partial charge is 0.251 e. The Bertz CT molecular complexity index is 1190. The van der Waals surface area contributed by atoms with Crippen LogP contribution in [0.1, 0.15) is 51.5 Å². The van der Waals surface area contributed by atoms with Crippen LogP contribution in [0.15, 0.2) is 71.6 Å². The van der Waals surface area contributed by atoms with Gasteiger partial charge < -0.3 is 10.2 Å². The fraction of sp³-hybridized carbons (Fsp3) is 0.259. The molecule has 1 heterocycles. The van der Waals surface area contributed by atoms with Crippen LogP contribution in [0.5, 0.6) is 0 Å². The van der Waals surface area contributed by atoms with E-state index in [4.69, 9.17) is 0 Å². The first kappa shape index (κ1) is 20.8. The molecule has 2 aliphatic rings. The van der Waals surface area contributed by atoms with Crippen molar-refractivity contribution in [1.29, 1.82) is 0 Å². The number of carbonyl (C=O) groups excluding carboxylic acids is 2. The largest absolute Gasteiger partial charge is 0.345 e. The number of rotatable bonds is 4. The summed E-state index contributed by atoms with van der Waals surface area (Å²) in [6.07, 6.45) is 3.08. The summed E-state index contributed by atoms with van der Waals surface area (Å²) >= 11 is 1.54. The third-order valence-electron chi connectivity index (χ3n) is 6.43. The minimum Gasteiger partial charge on any atom is -0.345 e. The van der Waals surface area contributed by atoms with Crippen LogP contribution in [0, 0.1) is 6.92 Å². The summed E-state index contributed by atoms with van der Waals surface area (Å²) < 4.78 is 0. The molecule has 32 heavy (non-hydrogen) atoms. The van der Waals surface area contributed by atoms with Crippen LogP contribution < -0.4 is 10.2 Å². The summed E-state index contributed by atoms with van der Waals surface area (Å²) in [4.78, 5) is 28.9. The number of hydrogen-bond acceptors (Lipinski definition) is 3. The predicted octanol–water partition coefficient (Wildman–Crippen LogP) is 5.44. The van der Waals surface area contributed by atoms with Crippen molar-refractivity contribution in [3.63, 3.8) is 0 Å². The van der Waals surface area contributed by atoms with Crippen molar-refractivity contribution in [3.05, 3.63) is 94.5 Å². The summed E-state index contributed by atoms with van der Waals surface area (Å²) in [5.41, 5.74) is 6.23. The maximum absolute atomic E-state index is 13.2. The van der Waals surface area contributed by atoms with Gasteiger partial charge in [-0.3, -0.25) is 9.59 Å². The molecule has 5 rings (SSSR count). The molecule has 0 saturated heterocycles. The maximum Gasteiger partial charge on any atom is 0.251 e. The van der Waals surface area contributed by atoms with Gasteiger partial charge in [-0.05, 0) is 66.6 Å². The molecule has 0 radical (unpaired) electrons. The van der Waals surface area contributed by atoms with E-state index in [-0.39, 0.29) is 17.9 Å². The molecule has 2 amide bonds. The summed E-state index contributed by atoms with van der Waals surface area (Å²) in [5, 5.41) is 3.23. The normalized spacial score (nSPS) is 17.5. The van der Waals surface area contributed by atoms with Crippen molar-refractivity contribution in [2.45, 2.75) is 43.7 Å². The third-order valence-corrected chi connectivity index (χ3v) is 7.48. The summed E-state index contributed by atoms with van der Waals surface area (Å²) in [6, 6.07) is 22.2. The minimum atomic E-state index is -0.0895.